The van der Waals surface area contributed by atoms with Gasteiger partial charge in [-0.3, -0.25) is 4.79 Å². The van der Waals surface area contributed by atoms with E-state index in [1.54, 1.807) is 6.92 Å². The molecule has 2 unspecified atom stereocenters. The number of carbonyl (C=O) groups is 1. The average Bonchev–Trinajstić information content (AvgIpc) is 3.79. The quantitative estimate of drug-likeness (QED) is 0.183. The molecule has 2 fully saturated rings. The molecule has 4 heterocycles. The number of aromatic amines is 2. The zero-order valence-electron chi connectivity index (χ0n) is 25.6. The Morgan fingerprint density at radius 1 is 0.932 bits per heavy atom. The Morgan fingerprint density at radius 2 is 1.52 bits per heavy atom. The Hall–Kier alpha value is -3.89. The number of hydrogen-bond donors (Lipinski definition) is 4. The van der Waals surface area contributed by atoms with E-state index in [-0.39, 0.29) is 12.8 Å². The predicted octanol–water partition coefficient (Wildman–Crippen LogP) is 6.97. The SMILES string of the molecule is CC1(C(=O)N[C@H](c2nc(-c3ccc(-c4ccc(-c5c[nH]c(C6CCCN6)n5)cc4)cc3)c[nH]2)C(C)(C)C)CCC(F)(F)CO1. The fourth-order valence-electron chi connectivity index (χ4n) is 5.87. The molecule has 0 radical (unpaired) electrons. The average molecular weight is 603 g/mol. The number of imidazole rings is 2. The van der Waals surface area contributed by atoms with E-state index < -0.39 is 35.5 Å². The minimum atomic E-state index is -2.91. The number of ether oxygens (including phenoxy) is 1. The van der Waals surface area contributed by atoms with Gasteiger partial charge in [0.15, 0.2) is 0 Å². The molecular formula is C34H40F2N6O2. The maximum absolute atomic E-state index is 13.7. The lowest BCUT2D eigenvalue weighted by molar-refractivity contribution is -0.190. The van der Waals surface area contributed by atoms with Crippen LogP contribution in [-0.2, 0) is 9.53 Å². The van der Waals surface area contributed by atoms with Gasteiger partial charge in [0.05, 0.1) is 23.5 Å². The molecule has 4 N–H and O–H groups in total. The number of nitrogens with one attached hydrogen (secondary N) is 4. The Labute approximate surface area is 256 Å². The Kier molecular flexibility index (Phi) is 7.92. The van der Waals surface area contributed by atoms with E-state index in [0.29, 0.717) is 11.9 Å². The van der Waals surface area contributed by atoms with E-state index in [0.717, 1.165) is 52.4 Å². The number of aromatic nitrogens is 4. The van der Waals surface area contributed by atoms with E-state index in [1.807, 2.05) is 45.3 Å². The lowest BCUT2D eigenvalue weighted by atomic mass is 9.85. The van der Waals surface area contributed by atoms with Crippen LogP contribution in [0.2, 0.25) is 0 Å². The fourth-order valence-corrected chi connectivity index (χ4v) is 5.87. The molecule has 232 valence electrons. The van der Waals surface area contributed by atoms with E-state index in [9.17, 15) is 13.6 Å². The van der Waals surface area contributed by atoms with Crippen LogP contribution in [0.15, 0.2) is 60.9 Å². The number of alkyl halides is 2. The van der Waals surface area contributed by atoms with Gasteiger partial charge >= 0.3 is 0 Å². The van der Waals surface area contributed by atoms with Crippen LogP contribution in [0.4, 0.5) is 8.78 Å². The summed E-state index contributed by atoms with van der Waals surface area (Å²) in [4.78, 5) is 29.4. The summed E-state index contributed by atoms with van der Waals surface area (Å²) in [6, 6.07) is 16.4. The van der Waals surface area contributed by atoms with Crippen molar-refractivity contribution in [2.45, 2.75) is 77.0 Å². The van der Waals surface area contributed by atoms with Crippen molar-refractivity contribution < 1.29 is 18.3 Å². The smallest absolute Gasteiger partial charge is 0.271 e. The molecule has 2 aliphatic heterocycles. The molecule has 10 heteroatoms. The predicted molar refractivity (Wildman–Crippen MR) is 166 cm³/mol. The molecule has 0 saturated carbocycles. The Bertz CT molecular complexity index is 1590. The molecular weight excluding hydrogens is 562 g/mol. The number of rotatable bonds is 7. The number of benzene rings is 2. The monoisotopic (exact) mass is 602 g/mol. The van der Waals surface area contributed by atoms with E-state index in [4.69, 9.17) is 14.7 Å². The van der Waals surface area contributed by atoms with Crippen LogP contribution in [-0.4, -0.2) is 50.5 Å². The molecule has 44 heavy (non-hydrogen) atoms. The number of H-pyrrole nitrogens is 2. The lowest BCUT2D eigenvalue weighted by Gasteiger charge is -2.38. The van der Waals surface area contributed by atoms with Crippen LogP contribution in [0, 0.1) is 5.41 Å². The molecule has 2 saturated heterocycles. The third-order valence-corrected chi connectivity index (χ3v) is 8.75. The zero-order chi connectivity index (χ0) is 31.1. The molecule has 3 atom stereocenters. The van der Waals surface area contributed by atoms with Crippen molar-refractivity contribution in [1.29, 1.82) is 0 Å². The van der Waals surface area contributed by atoms with Gasteiger partial charge < -0.3 is 25.3 Å². The molecule has 1 amide bonds. The minimum Gasteiger partial charge on any atom is -0.359 e. The molecule has 8 nitrogen and oxygen atoms in total. The maximum Gasteiger partial charge on any atom is 0.271 e. The second-order valence-corrected chi connectivity index (χ2v) is 13.3. The first-order chi connectivity index (χ1) is 20.9. The van der Waals surface area contributed by atoms with Gasteiger partial charge in [0, 0.05) is 29.9 Å². The second-order valence-electron chi connectivity index (χ2n) is 13.3. The minimum absolute atomic E-state index is 0.0523. The number of nitrogens with zero attached hydrogens (tertiary/aromatic N) is 2. The zero-order valence-corrected chi connectivity index (χ0v) is 25.6. The van der Waals surface area contributed by atoms with Crippen molar-refractivity contribution in [3.05, 3.63) is 72.6 Å². The summed E-state index contributed by atoms with van der Waals surface area (Å²) >= 11 is 0. The molecule has 0 bridgehead atoms. The highest BCUT2D eigenvalue weighted by molar-refractivity contribution is 5.85. The van der Waals surface area contributed by atoms with Crippen molar-refractivity contribution in [2.75, 3.05) is 13.2 Å². The topological polar surface area (TPSA) is 108 Å². The van der Waals surface area contributed by atoms with Crippen molar-refractivity contribution in [3.63, 3.8) is 0 Å². The van der Waals surface area contributed by atoms with Gasteiger partial charge in [-0.05, 0) is 49.3 Å². The van der Waals surface area contributed by atoms with Gasteiger partial charge in [-0.1, -0.05) is 69.3 Å². The molecule has 0 aliphatic carbocycles. The van der Waals surface area contributed by atoms with E-state index >= 15 is 0 Å². The summed E-state index contributed by atoms with van der Waals surface area (Å²) < 4.78 is 32.7. The molecule has 2 aromatic carbocycles. The van der Waals surface area contributed by atoms with Crippen molar-refractivity contribution in [3.8, 4) is 33.6 Å². The summed E-state index contributed by atoms with van der Waals surface area (Å²) in [5.41, 5.74) is 4.15. The number of carbonyl (C=O) groups excluding carboxylic acids is 1. The normalized spacial score (nSPS) is 22.5. The standard InChI is InChI=1S/C34H40F2N6O2/c1-32(2,3)28(42-31(43)33(4)15-16-34(35,36)20-44-33)30-39-19-27(41-30)24-13-9-22(10-14-24)21-7-11-23(12-8-21)26-18-38-29(40-26)25-6-5-17-37-25/h7-14,18-19,25,28,37H,5-6,15-17,20H2,1-4H3,(H,38,40)(H,39,41)(H,42,43)/t25?,28-,33?/m1/s1. The van der Waals surface area contributed by atoms with Gasteiger partial charge in [-0.2, -0.15) is 0 Å². The first-order valence-electron chi connectivity index (χ1n) is 15.3. The van der Waals surface area contributed by atoms with Crippen LogP contribution in [0.5, 0.6) is 0 Å². The largest absolute Gasteiger partial charge is 0.359 e. The first kappa shape index (κ1) is 30.1. The summed E-state index contributed by atoms with van der Waals surface area (Å²) in [5.74, 6) is -1.74. The fraction of sp³-hybridized carbons (Fsp3) is 0.441. The highest BCUT2D eigenvalue weighted by Gasteiger charge is 2.47. The van der Waals surface area contributed by atoms with Crippen molar-refractivity contribution in [2.24, 2.45) is 5.41 Å². The third-order valence-electron chi connectivity index (χ3n) is 8.75. The number of amides is 1. The van der Waals surface area contributed by atoms with Gasteiger partial charge in [-0.25, -0.2) is 18.7 Å². The van der Waals surface area contributed by atoms with Crippen molar-refractivity contribution in [1.82, 2.24) is 30.6 Å². The van der Waals surface area contributed by atoms with Crippen LogP contribution < -0.4 is 10.6 Å². The van der Waals surface area contributed by atoms with E-state index in [2.05, 4.69) is 57.0 Å². The molecule has 4 aromatic rings. The molecule has 2 aliphatic rings. The summed E-state index contributed by atoms with van der Waals surface area (Å²) in [7, 11) is 0. The Morgan fingerprint density at radius 3 is 2.07 bits per heavy atom. The maximum atomic E-state index is 13.7. The van der Waals surface area contributed by atoms with E-state index in [1.165, 1.54) is 6.42 Å². The second kappa shape index (κ2) is 11.6. The lowest BCUT2D eigenvalue weighted by Crippen LogP contribution is -2.54. The summed E-state index contributed by atoms with van der Waals surface area (Å²) in [6.45, 7) is 7.84. The molecule has 2 aromatic heterocycles. The highest BCUT2D eigenvalue weighted by atomic mass is 19.3. The summed E-state index contributed by atoms with van der Waals surface area (Å²) in [6.07, 6.45) is 5.64. The van der Waals surface area contributed by atoms with Crippen LogP contribution in [0.3, 0.4) is 0 Å². The van der Waals surface area contributed by atoms with Gasteiger partial charge in [0.2, 0.25) is 0 Å². The highest BCUT2D eigenvalue weighted by Crippen LogP contribution is 2.37. The van der Waals surface area contributed by atoms with Gasteiger partial charge in [0.1, 0.15) is 23.9 Å². The first-order valence-corrected chi connectivity index (χ1v) is 15.3. The molecule has 6 rings (SSSR count). The van der Waals surface area contributed by atoms with Gasteiger partial charge in [0.25, 0.3) is 11.8 Å². The number of hydrogen-bond acceptors (Lipinski definition) is 5. The number of halogens is 2. The van der Waals surface area contributed by atoms with Crippen LogP contribution >= 0.6 is 0 Å². The van der Waals surface area contributed by atoms with Crippen molar-refractivity contribution >= 4 is 5.91 Å². The Balaban J connectivity index is 1.14. The summed E-state index contributed by atoms with van der Waals surface area (Å²) in [5, 5.41) is 6.50. The van der Waals surface area contributed by atoms with Gasteiger partial charge in [-0.15, -0.1) is 0 Å². The third kappa shape index (κ3) is 6.32. The molecule has 0 spiro atoms. The van der Waals surface area contributed by atoms with Crippen LogP contribution in [0.1, 0.15) is 77.1 Å². The van der Waals surface area contributed by atoms with Crippen LogP contribution in [0.25, 0.3) is 33.6 Å².